The highest BCUT2D eigenvalue weighted by Crippen LogP contribution is 2.34. The maximum absolute atomic E-state index is 14.9. The van der Waals surface area contributed by atoms with Crippen molar-refractivity contribution in [3.63, 3.8) is 0 Å². The molecule has 1 aromatic carbocycles. The summed E-state index contributed by atoms with van der Waals surface area (Å²) in [7, 11) is 0. The number of likely N-dealkylation sites (tertiary alicyclic amines) is 1. The van der Waals surface area contributed by atoms with Crippen molar-refractivity contribution in [1.29, 1.82) is 0 Å². The molecule has 2 fully saturated rings. The largest absolute Gasteiger partial charge is 0.353 e. The van der Waals surface area contributed by atoms with Crippen LogP contribution >= 0.6 is 0 Å². The minimum Gasteiger partial charge on any atom is -0.353 e. The molecule has 8 rings (SSSR count). The summed E-state index contributed by atoms with van der Waals surface area (Å²) in [6.07, 6.45) is 17.2. The van der Waals surface area contributed by atoms with E-state index in [9.17, 15) is 4.39 Å². The molecule has 0 radical (unpaired) electrons. The first-order valence-electron chi connectivity index (χ1n) is 17.2. The van der Waals surface area contributed by atoms with Crippen LogP contribution in [0.3, 0.4) is 0 Å². The van der Waals surface area contributed by atoms with Crippen molar-refractivity contribution in [3.05, 3.63) is 84.2 Å². The van der Waals surface area contributed by atoms with Gasteiger partial charge in [-0.3, -0.25) is 20.1 Å². The summed E-state index contributed by atoms with van der Waals surface area (Å²) in [6, 6.07) is 13.6. The molecule has 5 aromatic heterocycles. The summed E-state index contributed by atoms with van der Waals surface area (Å²) in [6.45, 7) is 5.29. The SMILES string of the molecule is Fc1cc(CCCN2CCCC2)cc(-c2nccc3[nH]c(-c4n[nH]c5cnc(-c6cncc(CNCC7CCCC7)c6)cc45)cc23)c1. The Morgan fingerprint density at radius 3 is 2.57 bits per heavy atom. The molecule has 0 amide bonds. The van der Waals surface area contributed by atoms with Gasteiger partial charge in [-0.15, -0.1) is 0 Å². The highest BCUT2D eigenvalue weighted by molar-refractivity contribution is 6.00. The molecule has 6 heterocycles. The highest BCUT2D eigenvalue weighted by atomic mass is 19.1. The van der Waals surface area contributed by atoms with Gasteiger partial charge in [0, 0.05) is 52.6 Å². The number of aromatic amines is 2. The number of pyridine rings is 3. The van der Waals surface area contributed by atoms with Gasteiger partial charge in [-0.25, -0.2) is 4.39 Å². The predicted octanol–water partition coefficient (Wildman–Crippen LogP) is 7.68. The third-order valence-corrected chi connectivity index (χ3v) is 9.95. The van der Waals surface area contributed by atoms with Crippen LogP contribution in [-0.4, -0.2) is 61.2 Å². The first-order chi connectivity index (χ1) is 23.2. The van der Waals surface area contributed by atoms with Gasteiger partial charge in [0.05, 0.1) is 28.8 Å². The van der Waals surface area contributed by atoms with Crippen molar-refractivity contribution in [1.82, 2.24) is 40.3 Å². The predicted molar refractivity (Wildman–Crippen MR) is 185 cm³/mol. The molecular weight excluding hydrogens is 587 g/mol. The molecular formula is C38H41FN8. The van der Waals surface area contributed by atoms with Crippen LogP contribution in [0.25, 0.3) is 55.7 Å². The summed E-state index contributed by atoms with van der Waals surface area (Å²) >= 11 is 0. The molecule has 8 nitrogen and oxygen atoms in total. The molecule has 1 aliphatic carbocycles. The van der Waals surface area contributed by atoms with Crippen LogP contribution < -0.4 is 5.32 Å². The summed E-state index contributed by atoms with van der Waals surface area (Å²) in [5.74, 6) is 0.571. The number of nitrogens with one attached hydrogen (secondary N) is 3. The van der Waals surface area contributed by atoms with Gasteiger partial charge in [0.25, 0.3) is 0 Å². The zero-order valence-electron chi connectivity index (χ0n) is 26.7. The summed E-state index contributed by atoms with van der Waals surface area (Å²) in [4.78, 5) is 20.0. The van der Waals surface area contributed by atoms with E-state index in [1.54, 1.807) is 18.3 Å². The van der Waals surface area contributed by atoms with E-state index < -0.39 is 0 Å². The highest BCUT2D eigenvalue weighted by Gasteiger charge is 2.18. The molecule has 0 atom stereocenters. The van der Waals surface area contributed by atoms with Crippen molar-refractivity contribution in [2.24, 2.45) is 5.92 Å². The van der Waals surface area contributed by atoms with Gasteiger partial charge < -0.3 is 15.2 Å². The van der Waals surface area contributed by atoms with E-state index in [0.29, 0.717) is 0 Å². The molecule has 0 bridgehead atoms. The number of aryl methyl sites for hydroxylation is 1. The van der Waals surface area contributed by atoms with E-state index in [2.05, 4.69) is 54.6 Å². The minimum atomic E-state index is -0.227. The van der Waals surface area contributed by atoms with Gasteiger partial charge in [0.1, 0.15) is 11.5 Å². The molecule has 3 N–H and O–H groups in total. The molecule has 0 unspecified atom stereocenters. The Bertz CT molecular complexity index is 2000. The zero-order chi connectivity index (χ0) is 31.6. The second kappa shape index (κ2) is 13.3. The van der Waals surface area contributed by atoms with Crippen molar-refractivity contribution in [2.75, 3.05) is 26.2 Å². The van der Waals surface area contributed by atoms with E-state index >= 15 is 0 Å². The maximum atomic E-state index is 14.9. The molecule has 9 heteroatoms. The molecule has 47 heavy (non-hydrogen) atoms. The molecule has 6 aromatic rings. The normalized spacial score (nSPS) is 15.9. The van der Waals surface area contributed by atoms with Gasteiger partial charge in [-0.1, -0.05) is 12.8 Å². The van der Waals surface area contributed by atoms with Crippen LogP contribution in [0, 0.1) is 11.7 Å². The van der Waals surface area contributed by atoms with E-state index in [-0.39, 0.29) is 5.82 Å². The Morgan fingerprint density at radius 2 is 1.68 bits per heavy atom. The second-order valence-electron chi connectivity index (χ2n) is 13.4. The Labute approximate surface area is 274 Å². The van der Waals surface area contributed by atoms with Crippen molar-refractivity contribution in [2.45, 2.75) is 57.9 Å². The number of halogens is 1. The average Bonchev–Trinajstić information content (AvgIpc) is 3.91. The van der Waals surface area contributed by atoms with Gasteiger partial charge in [-0.05, 0) is 124 Å². The Morgan fingerprint density at radius 1 is 0.830 bits per heavy atom. The van der Waals surface area contributed by atoms with Crippen molar-refractivity contribution < 1.29 is 4.39 Å². The lowest BCUT2D eigenvalue weighted by molar-refractivity contribution is 0.334. The van der Waals surface area contributed by atoms with E-state index in [1.165, 1.54) is 51.6 Å². The lowest BCUT2D eigenvalue weighted by atomic mass is 10.0. The van der Waals surface area contributed by atoms with Crippen LogP contribution in [0.15, 0.2) is 67.3 Å². The second-order valence-corrected chi connectivity index (χ2v) is 13.4. The van der Waals surface area contributed by atoms with E-state index in [0.717, 1.165) is 105 Å². The zero-order valence-corrected chi connectivity index (χ0v) is 26.7. The summed E-state index contributed by atoms with van der Waals surface area (Å²) in [5, 5.41) is 13.4. The number of benzene rings is 1. The van der Waals surface area contributed by atoms with Gasteiger partial charge in [0.2, 0.25) is 0 Å². The maximum Gasteiger partial charge on any atom is 0.124 e. The standard InChI is InChI=1S/C38H41FN8/c39-30-16-26(8-5-13-47-11-3-4-12-47)14-28(17-30)37-31-19-35(44-33(31)9-10-42-37)38-32-18-34(43-24-36(32)45-46-38)29-15-27(22-41-23-29)21-40-20-25-6-1-2-7-25/h9-10,14-19,22-25,40,44H,1-8,11-13,20-21H2,(H,45,46). The molecule has 1 saturated carbocycles. The van der Waals surface area contributed by atoms with E-state index in [4.69, 9.17) is 9.97 Å². The van der Waals surface area contributed by atoms with Crippen LogP contribution in [0.4, 0.5) is 4.39 Å². The summed E-state index contributed by atoms with van der Waals surface area (Å²) < 4.78 is 14.9. The third-order valence-electron chi connectivity index (χ3n) is 9.95. The summed E-state index contributed by atoms with van der Waals surface area (Å²) in [5.41, 5.74) is 8.98. The molecule has 1 saturated heterocycles. The van der Waals surface area contributed by atoms with Crippen LogP contribution in [-0.2, 0) is 13.0 Å². The van der Waals surface area contributed by atoms with Crippen LogP contribution in [0.1, 0.15) is 56.1 Å². The topological polar surface area (TPSA) is 98.4 Å². The number of aromatic nitrogens is 6. The number of hydrogen-bond donors (Lipinski definition) is 3. The minimum absolute atomic E-state index is 0.227. The van der Waals surface area contributed by atoms with Crippen molar-refractivity contribution >= 4 is 21.8 Å². The number of hydrogen-bond acceptors (Lipinski definition) is 6. The fourth-order valence-electron chi connectivity index (χ4n) is 7.50. The number of H-pyrrole nitrogens is 2. The molecule has 240 valence electrons. The Hall–Kier alpha value is -4.47. The molecule has 2 aliphatic rings. The quantitative estimate of drug-likeness (QED) is 0.136. The first-order valence-corrected chi connectivity index (χ1v) is 17.2. The fourth-order valence-corrected chi connectivity index (χ4v) is 7.50. The Kier molecular flexibility index (Phi) is 8.48. The van der Waals surface area contributed by atoms with Gasteiger partial charge >= 0.3 is 0 Å². The lowest BCUT2D eigenvalue weighted by Gasteiger charge is -2.14. The number of fused-ring (bicyclic) bond motifs is 2. The van der Waals surface area contributed by atoms with Crippen molar-refractivity contribution in [3.8, 4) is 33.9 Å². The lowest BCUT2D eigenvalue weighted by Crippen LogP contribution is -2.20. The molecule has 1 aliphatic heterocycles. The van der Waals surface area contributed by atoms with Gasteiger partial charge in [-0.2, -0.15) is 5.10 Å². The van der Waals surface area contributed by atoms with Gasteiger partial charge in [0.15, 0.2) is 0 Å². The molecule has 0 spiro atoms. The van der Waals surface area contributed by atoms with E-state index in [1.807, 2.05) is 24.7 Å². The monoisotopic (exact) mass is 628 g/mol. The smallest absolute Gasteiger partial charge is 0.124 e. The third kappa shape index (κ3) is 6.55. The average molecular weight is 629 g/mol. The fraction of sp³-hybridized carbons (Fsp3) is 0.368. The first kappa shape index (κ1) is 29.9. The Balaban J connectivity index is 1.05. The van der Waals surface area contributed by atoms with Crippen LogP contribution in [0.2, 0.25) is 0 Å². The number of nitrogens with zero attached hydrogens (tertiary/aromatic N) is 5. The number of rotatable bonds is 11. The van der Waals surface area contributed by atoms with Crippen LogP contribution in [0.5, 0.6) is 0 Å².